The van der Waals surface area contributed by atoms with Crippen LogP contribution in [0.5, 0.6) is 0 Å². The zero-order valence-corrected chi connectivity index (χ0v) is 4.75. The van der Waals surface area contributed by atoms with Gasteiger partial charge in [0, 0.05) is 18.4 Å². The van der Waals surface area contributed by atoms with Crippen LogP contribution in [-0.4, -0.2) is 11.9 Å². The summed E-state index contributed by atoms with van der Waals surface area (Å²) in [7, 11) is 0. The Morgan fingerprint density at radius 3 is 1.33 bits per heavy atom. The monoisotopic (exact) mass is 130 g/mol. The minimum atomic E-state index is -1.63. The first-order valence-electron chi connectivity index (χ1n) is 2.02. The van der Waals surface area contributed by atoms with E-state index in [1.165, 1.54) is 0 Å². The van der Waals surface area contributed by atoms with Crippen molar-refractivity contribution in [2.75, 3.05) is 0 Å². The van der Waals surface area contributed by atoms with Crippen molar-refractivity contribution >= 4 is 11.9 Å². The van der Waals surface area contributed by atoms with Gasteiger partial charge in [0.1, 0.15) is 0 Å². The molecule has 0 aliphatic carbocycles. The van der Waals surface area contributed by atoms with Gasteiger partial charge in [-0.05, 0) is 0 Å². The lowest BCUT2D eigenvalue weighted by atomic mass is 10.5. The van der Waals surface area contributed by atoms with Crippen molar-refractivity contribution < 1.29 is 19.8 Å². The average molecular weight is 130 g/mol. The normalized spacial score (nSPS) is 6.67. The predicted octanol–water partition coefficient (Wildman–Crippen LogP) is -2.32. The van der Waals surface area contributed by atoms with E-state index < -0.39 is 18.4 Å². The van der Waals surface area contributed by atoms with Gasteiger partial charge in [0.15, 0.2) is 0 Å². The summed E-state index contributed by atoms with van der Waals surface area (Å²) in [5.74, 6) is -3.25. The Balaban J connectivity index is 0. The van der Waals surface area contributed by atoms with Crippen LogP contribution in [0, 0.1) is 0 Å². The van der Waals surface area contributed by atoms with E-state index in [1.807, 2.05) is 0 Å². The molecule has 0 radical (unpaired) electrons. The van der Waals surface area contributed by atoms with Crippen molar-refractivity contribution in [1.29, 1.82) is 0 Å². The number of carbonyl (C=O) groups excluding carboxylic acids is 2. The van der Waals surface area contributed by atoms with E-state index in [0.717, 1.165) is 0 Å². The number of aliphatic carboxylic acids is 2. The molecule has 0 aromatic rings. The van der Waals surface area contributed by atoms with Crippen LogP contribution < -0.4 is 10.2 Å². The molecule has 0 amide bonds. The van der Waals surface area contributed by atoms with Gasteiger partial charge in [-0.1, -0.05) is 0 Å². The summed E-state index contributed by atoms with van der Waals surface area (Å²) in [6.07, 6.45) is -1.03. The topological polar surface area (TPSA) is 80.3 Å². The van der Waals surface area contributed by atoms with E-state index in [1.54, 1.807) is 0 Å². The Bertz CT molecular complexity index is 95.5. The Kier molecular flexibility index (Phi) is 7.88. The fraction of sp³-hybridized carbons (Fsp3) is 0.200. The van der Waals surface area contributed by atoms with E-state index in [4.69, 9.17) is 0 Å². The SMILES string of the molecule is C=C.O=C([O-])CC(=O)[O-]. The molecule has 0 saturated heterocycles. The molecule has 0 aromatic heterocycles. The zero-order valence-electron chi connectivity index (χ0n) is 4.75. The standard InChI is InChI=1S/C3H4O4.C2H4/c4-2(5)1-3(6)7;1-2/h1H2,(H,4,5)(H,6,7);1-2H2/p-2. The third kappa shape index (κ3) is 20.4. The molecule has 0 heterocycles. The summed E-state index contributed by atoms with van der Waals surface area (Å²) in [5, 5.41) is 18.6. The third-order valence-electron chi connectivity index (χ3n) is 0.289. The molecule has 0 aliphatic heterocycles. The van der Waals surface area contributed by atoms with Crippen molar-refractivity contribution in [3.05, 3.63) is 13.2 Å². The molecule has 0 N–H and O–H groups in total. The second kappa shape index (κ2) is 6.68. The van der Waals surface area contributed by atoms with Crippen LogP contribution in [0.25, 0.3) is 0 Å². The number of carbonyl (C=O) groups is 2. The first-order chi connectivity index (χ1) is 4.13. The summed E-state index contributed by atoms with van der Waals surface area (Å²) in [5.41, 5.74) is 0. The van der Waals surface area contributed by atoms with Crippen LogP contribution in [0.1, 0.15) is 6.42 Å². The maximum Gasteiger partial charge on any atom is 0.0470 e. The van der Waals surface area contributed by atoms with Crippen molar-refractivity contribution in [2.24, 2.45) is 0 Å². The van der Waals surface area contributed by atoms with Crippen molar-refractivity contribution in [2.45, 2.75) is 6.42 Å². The van der Waals surface area contributed by atoms with Gasteiger partial charge >= 0.3 is 0 Å². The Hall–Kier alpha value is -1.32. The summed E-state index contributed by atoms with van der Waals surface area (Å²) in [6, 6.07) is 0. The third-order valence-corrected chi connectivity index (χ3v) is 0.289. The highest BCUT2D eigenvalue weighted by molar-refractivity contribution is 5.86. The van der Waals surface area contributed by atoms with Gasteiger partial charge in [-0.15, -0.1) is 13.2 Å². The summed E-state index contributed by atoms with van der Waals surface area (Å²) >= 11 is 0. The average Bonchev–Trinajstić information content (AvgIpc) is 1.68. The van der Waals surface area contributed by atoms with Gasteiger partial charge in [0.25, 0.3) is 0 Å². The quantitative estimate of drug-likeness (QED) is 0.310. The molecule has 0 aromatic carbocycles. The Morgan fingerprint density at radius 1 is 1.11 bits per heavy atom. The number of carboxylic acids is 2. The first-order valence-corrected chi connectivity index (χ1v) is 2.02. The molecule has 4 nitrogen and oxygen atoms in total. The molecule has 0 rings (SSSR count). The van der Waals surface area contributed by atoms with Crippen LogP contribution in [0.4, 0.5) is 0 Å². The highest BCUT2D eigenvalue weighted by Gasteiger charge is 1.81. The molecular weight excluding hydrogens is 124 g/mol. The zero-order chi connectivity index (χ0) is 7.86. The van der Waals surface area contributed by atoms with Crippen LogP contribution >= 0.6 is 0 Å². The summed E-state index contributed by atoms with van der Waals surface area (Å²) in [6.45, 7) is 6.00. The lowest BCUT2D eigenvalue weighted by Gasteiger charge is -1.99. The predicted molar refractivity (Wildman–Crippen MR) is 25.9 cm³/mol. The molecule has 4 heteroatoms. The highest BCUT2D eigenvalue weighted by Crippen LogP contribution is 1.66. The van der Waals surface area contributed by atoms with E-state index in [9.17, 15) is 19.8 Å². The Labute approximate surface area is 52.4 Å². The molecule has 0 atom stereocenters. The van der Waals surface area contributed by atoms with E-state index in [-0.39, 0.29) is 0 Å². The maximum atomic E-state index is 9.28. The highest BCUT2D eigenvalue weighted by atomic mass is 16.4. The Morgan fingerprint density at radius 2 is 1.33 bits per heavy atom. The van der Waals surface area contributed by atoms with Gasteiger partial charge in [-0.2, -0.15) is 0 Å². The lowest BCUT2D eigenvalue weighted by molar-refractivity contribution is -0.322. The van der Waals surface area contributed by atoms with Gasteiger partial charge in [0.05, 0.1) is 0 Å². The van der Waals surface area contributed by atoms with E-state index >= 15 is 0 Å². The van der Waals surface area contributed by atoms with Gasteiger partial charge in [0.2, 0.25) is 0 Å². The molecule has 0 spiro atoms. The molecule has 52 valence electrons. The first kappa shape index (κ1) is 10.6. The molecule has 0 unspecified atom stereocenters. The minimum Gasteiger partial charge on any atom is -0.550 e. The number of rotatable bonds is 2. The van der Waals surface area contributed by atoms with Crippen LogP contribution in [0.15, 0.2) is 13.2 Å². The van der Waals surface area contributed by atoms with Crippen LogP contribution in [0.2, 0.25) is 0 Å². The van der Waals surface area contributed by atoms with E-state index in [0.29, 0.717) is 0 Å². The van der Waals surface area contributed by atoms with E-state index in [2.05, 4.69) is 13.2 Å². The minimum absolute atomic E-state index is 1.03. The van der Waals surface area contributed by atoms with Crippen molar-refractivity contribution in [1.82, 2.24) is 0 Å². The molecular formula is C5H6O4-2. The fourth-order valence-electron chi connectivity index (χ4n) is 0.118. The molecule has 0 saturated carbocycles. The van der Waals surface area contributed by atoms with Gasteiger partial charge in [-0.3, -0.25) is 0 Å². The van der Waals surface area contributed by atoms with Crippen LogP contribution in [0.3, 0.4) is 0 Å². The van der Waals surface area contributed by atoms with Gasteiger partial charge < -0.3 is 19.8 Å². The second-order valence-electron chi connectivity index (χ2n) is 0.921. The van der Waals surface area contributed by atoms with Crippen LogP contribution in [-0.2, 0) is 9.59 Å². The van der Waals surface area contributed by atoms with Crippen molar-refractivity contribution in [3.63, 3.8) is 0 Å². The molecule has 0 fully saturated rings. The smallest absolute Gasteiger partial charge is 0.0470 e. The molecule has 9 heavy (non-hydrogen) atoms. The lowest BCUT2D eigenvalue weighted by Crippen LogP contribution is -2.32. The summed E-state index contributed by atoms with van der Waals surface area (Å²) < 4.78 is 0. The number of hydrogen-bond donors (Lipinski definition) is 0. The summed E-state index contributed by atoms with van der Waals surface area (Å²) in [4.78, 5) is 18.6. The fourth-order valence-corrected chi connectivity index (χ4v) is 0.118. The number of carboxylic acid groups (broad SMARTS) is 2. The molecule has 0 bridgehead atoms. The van der Waals surface area contributed by atoms with Gasteiger partial charge in [-0.25, -0.2) is 0 Å². The largest absolute Gasteiger partial charge is 0.550 e. The number of hydrogen-bond acceptors (Lipinski definition) is 4. The second-order valence-corrected chi connectivity index (χ2v) is 0.921. The molecule has 0 aliphatic rings. The van der Waals surface area contributed by atoms with Crippen molar-refractivity contribution in [3.8, 4) is 0 Å². The maximum absolute atomic E-state index is 9.28.